The molecular weight excluding hydrogens is 260 g/mol. The van der Waals surface area contributed by atoms with Gasteiger partial charge in [0.2, 0.25) is 0 Å². The van der Waals surface area contributed by atoms with Crippen molar-refractivity contribution in [1.82, 2.24) is 0 Å². The van der Waals surface area contributed by atoms with Crippen molar-refractivity contribution in [3.63, 3.8) is 0 Å². The minimum absolute atomic E-state index is 0.0479. The van der Waals surface area contributed by atoms with Crippen molar-refractivity contribution in [2.75, 3.05) is 0 Å². The first-order chi connectivity index (χ1) is 9.15. The summed E-state index contributed by atoms with van der Waals surface area (Å²) in [6.07, 6.45) is 0.0479. The Hall–Kier alpha value is -1.94. The third kappa shape index (κ3) is 4.03. The Morgan fingerprint density at radius 3 is 2.26 bits per heavy atom. The number of hydrogen-bond donors (Lipinski definition) is 2. The van der Waals surface area contributed by atoms with E-state index in [4.69, 9.17) is 5.11 Å². The normalized spacial score (nSPS) is 10.3. The predicted octanol–water partition coefficient (Wildman–Crippen LogP) is 3.31. The standard InChI is InChI=1S/C15H14O3S/c16-13-5-7-14(8-6-13)19-10-12-4-2-1-3-11(12)9-15(17)18/h1-8,16H,9-10H2,(H,17,18). The molecule has 98 valence electrons. The number of benzene rings is 2. The van der Waals surface area contributed by atoms with Crippen LogP contribution >= 0.6 is 11.8 Å². The van der Waals surface area contributed by atoms with E-state index in [0.29, 0.717) is 5.75 Å². The molecule has 0 radical (unpaired) electrons. The highest BCUT2D eigenvalue weighted by molar-refractivity contribution is 7.98. The topological polar surface area (TPSA) is 57.5 Å². The van der Waals surface area contributed by atoms with Crippen molar-refractivity contribution in [1.29, 1.82) is 0 Å². The maximum atomic E-state index is 10.8. The van der Waals surface area contributed by atoms with Crippen LogP contribution in [0, 0.1) is 0 Å². The molecular formula is C15H14O3S. The molecule has 0 amide bonds. The predicted molar refractivity (Wildman–Crippen MR) is 75.4 cm³/mol. The van der Waals surface area contributed by atoms with E-state index in [1.807, 2.05) is 36.4 Å². The molecule has 0 aliphatic heterocycles. The molecule has 3 nitrogen and oxygen atoms in total. The molecule has 0 aromatic heterocycles. The average molecular weight is 274 g/mol. The summed E-state index contributed by atoms with van der Waals surface area (Å²) in [7, 11) is 0. The summed E-state index contributed by atoms with van der Waals surface area (Å²) in [6, 6.07) is 14.5. The van der Waals surface area contributed by atoms with Gasteiger partial charge in [0, 0.05) is 10.6 Å². The maximum absolute atomic E-state index is 10.8. The molecule has 0 bridgehead atoms. The van der Waals surface area contributed by atoms with E-state index < -0.39 is 5.97 Å². The number of phenolic OH excluding ortho intramolecular Hbond substituents is 1. The molecule has 0 unspecified atom stereocenters. The zero-order valence-corrected chi connectivity index (χ0v) is 11.1. The van der Waals surface area contributed by atoms with E-state index in [-0.39, 0.29) is 12.2 Å². The van der Waals surface area contributed by atoms with Crippen molar-refractivity contribution < 1.29 is 15.0 Å². The van der Waals surface area contributed by atoms with Gasteiger partial charge in [-0.05, 0) is 35.4 Å². The highest BCUT2D eigenvalue weighted by atomic mass is 32.2. The van der Waals surface area contributed by atoms with Crippen LogP contribution in [0.15, 0.2) is 53.4 Å². The van der Waals surface area contributed by atoms with Crippen LogP contribution in [0.1, 0.15) is 11.1 Å². The molecule has 2 aromatic rings. The summed E-state index contributed by atoms with van der Waals surface area (Å²) < 4.78 is 0. The Morgan fingerprint density at radius 2 is 1.63 bits per heavy atom. The van der Waals surface area contributed by atoms with Crippen LogP contribution in [-0.4, -0.2) is 16.2 Å². The maximum Gasteiger partial charge on any atom is 0.307 e. The summed E-state index contributed by atoms with van der Waals surface area (Å²) >= 11 is 1.62. The van der Waals surface area contributed by atoms with Gasteiger partial charge < -0.3 is 10.2 Å². The summed E-state index contributed by atoms with van der Waals surface area (Å²) in [5.41, 5.74) is 1.88. The number of carboxylic acid groups (broad SMARTS) is 1. The molecule has 0 saturated heterocycles. The van der Waals surface area contributed by atoms with E-state index in [1.54, 1.807) is 23.9 Å². The molecule has 0 fully saturated rings. The van der Waals surface area contributed by atoms with Gasteiger partial charge in [0.25, 0.3) is 0 Å². The Kier molecular flexibility index (Phi) is 4.47. The first-order valence-electron chi connectivity index (χ1n) is 5.85. The molecule has 2 N–H and O–H groups in total. The minimum Gasteiger partial charge on any atom is -0.508 e. The van der Waals surface area contributed by atoms with Gasteiger partial charge in [-0.25, -0.2) is 0 Å². The number of hydrogen-bond acceptors (Lipinski definition) is 3. The van der Waals surface area contributed by atoms with Crippen molar-refractivity contribution >= 4 is 17.7 Å². The molecule has 4 heteroatoms. The molecule has 2 aromatic carbocycles. The van der Waals surface area contributed by atoms with Crippen LogP contribution in [0.2, 0.25) is 0 Å². The average Bonchev–Trinajstić information content (AvgIpc) is 2.39. The van der Waals surface area contributed by atoms with Gasteiger partial charge in [0.15, 0.2) is 0 Å². The largest absolute Gasteiger partial charge is 0.508 e. The molecule has 19 heavy (non-hydrogen) atoms. The first-order valence-corrected chi connectivity index (χ1v) is 6.84. The van der Waals surface area contributed by atoms with Gasteiger partial charge in [-0.3, -0.25) is 4.79 Å². The van der Waals surface area contributed by atoms with E-state index in [9.17, 15) is 9.90 Å². The number of thioether (sulfide) groups is 1. The third-order valence-corrected chi connectivity index (χ3v) is 3.75. The molecule has 0 saturated carbocycles. The lowest BCUT2D eigenvalue weighted by atomic mass is 10.1. The highest BCUT2D eigenvalue weighted by Crippen LogP contribution is 2.26. The number of aromatic hydroxyl groups is 1. The Labute approximate surface area is 115 Å². The summed E-state index contributed by atoms with van der Waals surface area (Å²) in [6.45, 7) is 0. The van der Waals surface area contributed by atoms with Gasteiger partial charge in [-0.1, -0.05) is 24.3 Å². The van der Waals surface area contributed by atoms with Crippen LogP contribution in [0.3, 0.4) is 0 Å². The lowest BCUT2D eigenvalue weighted by Crippen LogP contribution is -2.02. The fraction of sp³-hybridized carbons (Fsp3) is 0.133. The van der Waals surface area contributed by atoms with Crippen LogP contribution in [0.25, 0.3) is 0 Å². The Morgan fingerprint density at radius 1 is 1.00 bits per heavy atom. The van der Waals surface area contributed by atoms with Gasteiger partial charge >= 0.3 is 5.97 Å². The lowest BCUT2D eigenvalue weighted by molar-refractivity contribution is -0.136. The second-order valence-electron chi connectivity index (χ2n) is 4.12. The molecule has 0 aliphatic rings. The van der Waals surface area contributed by atoms with Crippen LogP contribution in [0.5, 0.6) is 5.75 Å². The number of rotatable bonds is 5. The smallest absolute Gasteiger partial charge is 0.307 e. The van der Waals surface area contributed by atoms with Gasteiger partial charge in [-0.15, -0.1) is 11.8 Å². The van der Waals surface area contributed by atoms with E-state index in [2.05, 4.69) is 0 Å². The fourth-order valence-electron chi connectivity index (χ4n) is 1.74. The highest BCUT2D eigenvalue weighted by Gasteiger charge is 2.06. The summed E-state index contributed by atoms with van der Waals surface area (Å²) in [5.74, 6) is 0.145. The molecule has 0 heterocycles. The number of phenols is 1. The van der Waals surface area contributed by atoms with Crippen molar-refractivity contribution in [2.45, 2.75) is 17.1 Å². The quantitative estimate of drug-likeness (QED) is 0.821. The second-order valence-corrected chi connectivity index (χ2v) is 5.17. The van der Waals surface area contributed by atoms with E-state index in [1.165, 1.54) is 0 Å². The number of aliphatic carboxylic acids is 1. The summed E-state index contributed by atoms with van der Waals surface area (Å²) in [4.78, 5) is 11.8. The molecule has 0 atom stereocenters. The zero-order valence-electron chi connectivity index (χ0n) is 10.2. The second kappa shape index (κ2) is 6.29. The first kappa shape index (κ1) is 13.5. The minimum atomic E-state index is -0.818. The molecule has 0 aliphatic carbocycles. The Bertz CT molecular complexity index is 564. The lowest BCUT2D eigenvalue weighted by Gasteiger charge is -2.07. The van der Waals surface area contributed by atoms with E-state index in [0.717, 1.165) is 16.0 Å². The van der Waals surface area contributed by atoms with E-state index >= 15 is 0 Å². The van der Waals surface area contributed by atoms with Crippen LogP contribution in [-0.2, 0) is 17.0 Å². The fourth-order valence-corrected chi connectivity index (χ4v) is 2.67. The molecule has 2 rings (SSSR count). The summed E-state index contributed by atoms with van der Waals surface area (Å²) in [5, 5.41) is 18.1. The SMILES string of the molecule is O=C(O)Cc1ccccc1CSc1ccc(O)cc1. The zero-order chi connectivity index (χ0) is 13.7. The monoisotopic (exact) mass is 274 g/mol. The number of carboxylic acids is 1. The van der Waals surface area contributed by atoms with Gasteiger partial charge in [-0.2, -0.15) is 0 Å². The van der Waals surface area contributed by atoms with Crippen molar-refractivity contribution in [3.05, 3.63) is 59.7 Å². The number of carbonyl (C=O) groups is 1. The van der Waals surface area contributed by atoms with Crippen molar-refractivity contribution in [3.8, 4) is 5.75 Å². The molecule has 0 spiro atoms. The van der Waals surface area contributed by atoms with Crippen molar-refractivity contribution in [2.24, 2.45) is 0 Å². The Balaban J connectivity index is 2.06. The van der Waals surface area contributed by atoms with Crippen LogP contribution < -0.4 is 0 Å². The van der Waals surface area contributed by atoms with Gasteiger partial charge in [0.1, 0.15) is 5.75 Å². The van der Waals surface area contributed by atoms with Crippen LogP contribution in [0.4, 0.5) is 0 Å². The third-order valence-electron chi connectivity index (χ3n) is 2.69. The van der Waals surface area contributed by atoms with Gasteiger partial charge in [0.05, 0.1) is 6.42 Å².